The summed E-state index contributed by atoms with van der Waals surface area (Å²) < 4.78 is 5.33. The third-order valence-electron chi connectivity index (χ3n) is 2.10. The highest BCUT2D eigenvalue weighted by atomic mass is 35.5. The SMILES string of the molecule is O=C(NCCO)c1cc2cc(Cl)ccc2o1. The number of carbonyl (C=O) groups is 1. The Morgan fingerprint density at radius 1 is 1.44 bits per heavy atom. The maximum atomic E-state index is 11.5. The fraction of sp³-hybridized carbons (Fsp3) is 0.182. The van der Waals surface area contributed by atoms with Crippen LogP contribution < -0.4 is 5.32 Å². The van der Waals surface area contributed by atoms with Crippen LogP contribution in [-0.4, -0.2) is 24.2 Å². The lowest BCUT2D eigenvalue weighted by Gasteiger charge is -1.97. The van der Waals surface area contributed by atoms with E-state index >= 15 is 0 Å². The molecule has 0 aliphatic heterocycles. The lowest BCUT2D eigenvalue weighted by Crippen LogP contribution is -2.25. The van der Waals surface area contributed by atoms with Crippen LogP contribution >= 0.6 is 11.6 Å². The van der Waals surface area contributed by atoms with Crippen LogP contribution in [0.5, 0.6) is 0 Å². The summed E-state index contributed by atoms with van der Waals surface area (Å²) in [7, 11) is 0. The van der Waals surface area contributed by atoms with Gasteiger partial charge in [0.15, 0.2) is 5.76 Å². The number of fused-ring (bicyclic) bond motifs is 1. The molecule has 0 spiro atoms. The number of hydrogen-bond donors (Lipinski definition) is 2. The van der Waals surface area contributed by atoms with Gasteiger partial charge in [-0.15, -0.1) is 0 Å². The molecular weight excluding hydrogens is 230 g/mol. The van der Waals surface area contributed by atoms with Gasteiger partial charge < -0.3 is 14.8 Å². The van der Waals surface area contributed by atoms with E-state index in [4.69, 9.17) is 21.1 Å². The van der Waals surface area contributed by atoms with Crippen molar-refractivity contribution >= 4 is 28.5 Å². The summed E-state index contributed by atoms with van der Waals surface area (Å²) in [5, 5.41) is 12.5. The van der Waals surface area contributed by atoms with Crippen molar-refractivity contribution in [3.05, 3.63) is 35.0 Å². The second-order valence-corrected chi connectivity index (χ2v) is 3.71. The molecule has 84 valence electrons. The predicted molar refractivity (Wildman–Crippen MR) is 60.6 cm³/mol. The molecule has 0 aliphatic rings. The fourth-order valence-corrected chi connectivity index (χ4v) is 1.56. The van der Waals surface area contributed by atoms with E-state index in [1.807, 2.05) is 0 Å². The van der Waals surface area contributed by atoms with Crippen LogP contribution in [0.1, 0.15) is 10.6 Å². The summed E-state index contributed by atoms with van der Waals surface area (Å²) in [6, 6.07) is 6.75. The Balaban J connectivity index is 2.28. The molecule has 0 unspecified atom stereocenters. The van der Waals surface area contributed by atoms with Gasteiger partial charge in [0, 0.05) is 17.0 Å². The van der Waals surface area contributed by atoms with Crippen LogP contribution in [0.3, 0.4) is 0 Å². The highest BCUT2D eigenvalue weighted by molar-refractivity contribution is 6.31. The van der Waals surface area contributed by atoms with E-state index in [1.54, 1.807) is 24.3 Å². The van der Waals surface area contributed by atoms with Crippen LogP contribution in [0.4, 0.5) is 0 Å². The Morgan fingerprint density at radius 2 is 2.25 bits per heavy atom. The minimum absolute atomic E-state index is 0.0994. The number of halogens is 1. The minimum Gasteiger partial charge on any atom is -0.451 e. The molecule has 0 atom stereocenters. The van der Waals surface area contributed by atoms with Crippen LogP contribution in [0.2, 0.25) is 5.02 Å². The Kier molecular flexibility index (Phi) is 3.12. The van der Waals surface area contributed by atoms with Crippen LogP contribution in [-0.2, 0) is 0 Å². The van der Waals surface area contributed by atoms with Gasteiger partial charge in [0.1, 0.15) is 5.58 Å². The summed E-state index contributed by atoms with van der Waals surface area (Å²) in [5.74, 6) is -0.132. The minimum atomic E-state index is -0.346. The summed E-state index contributed by atoms with van der Waals surface area (Å²) in [6.07, 6.45) is 0. The highest BCUT2D eigenvalue weighted by Gasteiger charge is 2.11. The zero-order valence-electron chi connectivity index (χ0n) is 8.37. The van der Waals surface area contributed by atoms with E-state index in [1.165, 1.54) is 0 Å². The zero-order chi connectivity index (χ0) is 11.5. The summed E-state index contributed by atoms with van der Waals surface area (Å²) in [6.45, 7) is 0.106. The van der Waals surface area contributed by atoms with E-state index < -0.39 is 0 Å². The van der Waals surface area contributed by atoms with Crippen molar-refractivity contribution in [1.29, 1.82) is 0 Å². The van der Waals surface area contributed by atoms with E-state index in [0.717, 1.165) is 5.39 Å². The normalized spacial score (nSPS) is 10.6. The number of benzene rings is 1. The Hall–Kier alpha value is -1.52. The fourth-order valence-electron chi connectivity index (χ4n) is 1.38. The molecule has 16 heavy (non-hydrogen) atoms. The van der Waals surface area contributed by atoms with Crippen molar-refractivity contribution < 1.29 is 14.3 Å². The van der Waals surface area contributed by atoms with Gasteiger partial charge in [0.2, 0.25) is 0 Å². The second kappa shape index (κ2) is 4.55. The lowest BCUT2D eigenvalue weighted by molar-refractivity contribution is 0.0919. The third-order valence-corrected chi connectivity index (χ3v) is 2.33. The van der Waals surface area contributed by atoms with Crippen molar-refractivity contribution in [2.45, 2.75) is 0 Å². The molecule has 2 N–H and O–H groups in total. The van der Waals surface area contributed by atoms with Gasteiger partial charge in [0.25, 0.3) is 5.91 Å². The van der Waals surface area contributed by atoms with Crippen molar-refractivity contribution in [3.63, 3.8) is 0 Å². The Bertz CT molecular complexity index is 521. The van der Waals surface area contributed by atoms with Gasteiger partial charge in [0.05, 0.1) is 6.61 Å². The van der Waals surface area contributed by atoms with Crippen molar-refractivity contribution in [2.75, 3.05) is 13.2 Å². The van der Waals surface area contributed by atoms with Crippen LogP contribution in [0.25, 0.3) is 11.0 Å². The molecule has 0 fully saturated rings. The molecule has 4 nitrogen and oxygen atoms in total. The Labute approximate surface area is 96.8 Å². The van der Waals surface area contributed by atoms with Crippen molar-refractivity contribution in [2.24, 2.45) is 0 Å². The number of furan rings is 1. The molecule has 0 radical (unpaired) electrons. The third kappa shape index (κ3) is 2.18. The second-order valence-electron chi connectivity index (χ2n) is 3.27. The van der Waals surface area contributed by atoms with E-state index in [0.29, 0.717) is 10.6 Å². The zero-order valence-corrected chi connectivity index (χ0v) is 9.12. The van der Waals surface area contributed by atoms with E-state index in [-0.39, 0.29) is 24.8 Å². The maximum Gasteiger partial charge on any atom is 0.287 e. The molecule has 0 aliphatic carbocycles. The number of aliphatic hydroxyl groups excluding tert-OH is 1. The molecule has 1 aromatic heterocycles. The van der Waals surface area contributed by atoms with Crippen LogP contribution in [0.15, 0.2) is 28.7 Å². The molecule has 1 amide bonds. The van der Waals surface area contributed by atoms with E-state index in [9.17, 15) is 4.79 Å². The number of aliphatic hydroxyl groups is 1. The highest BCUT2D eigenvalue weighted by Crippen LogP contribution is 2.22. The largest absolute Gasteiger partial charge is 0.451 e. The monoisotopic (exact) mass is 239 g/mol. The average molecular weight is 240 g/mol. The molecule has 0 bridgehead atoms. The van der Waals surface area contributed by atoms with Crippen LogP contribution in [0, 0.1) is 0 Å². The first-order valence-corrected chi connectivity index (χ1v) is 5.16. The summed E-state index contributed by atoms with van der Waals surface area (Å²) in [4.78, 5) is 11.5. The molecule has 1 heterocycles. The average Bonchev–Trinajstić information content (AvgIpc) is 2.68. The molecule has 0 saturated heterocycles. The summed E-state index contributed by atoms with van der Waals surface area (Å²) >= 11 is 5.82. The topological polar surface area (TPSA) is 62.5 Å². The first-order chi connectivity index (χ1) is 7.70. The number of nitrogens with one attached hydrogen (secondary N) is 1. The molecule has 1 aromatic carbocycles. The standard InChI is InChI=1S/C11H10ClNO3/c12-8-1-2-9-7(5-8)6-10(16-9)11(15)13-3-4-14/h1-2,5-6,14H,3-4H2,(H,13,15). The van der Waals surface area contributed by atoms with Gasteiger partial charge in [-0.1, -0.05) is 11.6 Å². The smallest absolute Gasteiger partial charge is 0.287 e. The van der Waals surface area contributed by atoms with E-state index in [2.05, 4.69) is 5.32 Å². The number of amides is 1. The van der Waals surface area contributed by atoms with Crippen molar-refractivity contribution in [3.8, 4) is 0 Å². The number of hydrogen-bond acceptors (Lipinski definition) is 3. The lowest BCUT2D eigenvalue weighted by atomic mass is 10.2. The molecule has 0 saturated carbocycles. The maximum absolute atomic E-state index is 11.5. The summed E-state index contributed by atoms with van der Waals surface area (Å²) in [5.41, 5.74) is 0.610. The van der Waals surface area contributed by atoms with Gasteiger partial charge in [-0.05, 0) is 24.3 Å². The molecule has 2 rings (SSSR count). The van der Waals surface area contributed by atoms with Gasteiger partial charge in [-0.2, -0.15) is 0 Å². The molecule has 2 aromatic rings. The predicted octanol–water partition coefficient (Wildman–Crippen LogP) is 1.81. The molecule has 5 heteroatoms. The molecular formula is C11H10ClNO3. The Morgan fingerprint density at radius 3 is 3.00 bits per heavy atom. The van der Waals surface area contributed by atoms with Gasteiger partial charge in [-0.25, -0.2) is 0 Å². The number of rotatable bonds is 3. The first-order valence-electron chi connectivity index (χ1n) is 4.79. The number of carbonyl (C=O) groups excluding carboxylic acids is 1. The quantitative estimate of drug-likeness (QED) is 0.859. The van der Waals surface area contributed by atoms with Gasteiger partial charge in [-0.3, -0.25) is 4.79 Å². The van der Waals surface area contributed by atoms with Crippen molar-refractivity contribution in [1.82, 2.24) is 5.32 Å². The van der Waals surface area contributed by atoms with Gasteiger partial charge >= 0.3 is 0 Å². The first kappa shape index (κ1) is 11.0.